The number of hydrogen-bond donors (Lipinski definition) is 1. The number of rotatable bonds is 9. The number of sulfonamides is 1. The van der Waals surface area contributed by atoms with Gasteiger partial charge in [0.15, 0.2) is 5.75 Å². The Morgan fingerprint density at radius 3 is 2.31 bits per heavy atom. The highest BCUT2D eigenvalue weighted by atomic mass is 35.5. The predicted molar refractivity (Wildman–Crippen MR) is 125 cm³/mol. The Hall–Kier alpha value is -2.33. The Labute approximate surface area is 194 Å². The van der Waals surface area contributed by atoms with Crippen LogP contribution < -0.4 is 14.8 Å². The van der Waals surface area contributed by atoms with Crippen molar-refractivity contribution in [2.75, 3.05) is 50.4 Å². The van der Waals surface area contributed by atoms with Crippen LogP contribution >= 0.6 is 11.6 Å². The lowest BCUT2D eigenvalue weighted by Gasteiger charge is -2.33. The maximum Gasteiger partial charge on any atom is 0.238 e. The summed E-state index contributed by atoms with van der Waals surface area (Å²) in [5.74, 6) is 1.66. The Kier molecular flexibility index (Phi) is 8.36. The summed E-state index contributed by atoms with van der Waals surface area (Å²) in [7, 11) is -3.20. The summed E-state index contributed by atoms with van der Waals surface area (Å²) in [6.45, 7) is 6.04. The Bertz CT molecular complexity index is 1020. The third-order valence-corrected chi connectivity index (χ3v) is 7.15. The molecule has 0 aromatic heterocycles. The molecule has 0 unspecified atom stereocenters. The number of ether oxygens (including phenoxy) is 2. The smallest absolute Gasteiger partial charge is 0.238 e. The number of halogens is 1. The molecule has 10 heteroatoms. The third kappa shape index (κ3) is 6.59. The van der Waals surface area contributed by atoms with Crippen molar-refractivity contribution in [2.45, 2.75) is 13.8 Å². The monoisotopic (exact) mass is 481 g/mol. The van der Waals surface area contributed by atoms with Gasteiger partial charge in [0, 0.05) is 31.2 Å². The molecule has 1 saturated heterocycles. The van der Waals surface area contributed by atoms with E-state index in [2.05, 4.69) is 5.32 Å². The molecule has 2 aromatic carbocycles. The highest BCUT2D eigenvalue weighted by Gasteiger charge is 2.26. The molecule has 0 atom stereocenters. The van der Waals surface area contributed by atoms with Crippen molar-refractivity contribution in [2.24, 2.45) is 0 Å². The minimum Gasteiger partial charge on any atom is -0.494 e. The average Bonchev–Trinajstić information content (AvgIpc) is 2.77. The Morgan fingerprint density at radius 1 is 1.03 bits per heavy atom. The summed E-state index contributed by atoms with van der Waals surface area (Å²) >= 11 is 6.13. The van der Waals surface area contributed by atoms with Crippen molar-refractivity contribution in [3.05, 3.63) is 47.5 Å². The number of nitrogens with one attached hydrogen (secondary N) is 1. The van der Waals surface area contributed by atoms with E-state index in [4.69, 9.17) is 21.1 Å². The van der Waals surface area contributed by atoms with Crippen molar-refractivity contribution in [3.63, 3.8) is 0 Å². The second kappa shape index (κ2) is 11.0. The fraction of sp³-hybridized carbons (Fsp3) is 0.409. The van der Waals surface area contributed by atoms with E-state index in [9.17, 15) is 13.2 Å². The molecule has 1 heterocycles. The van der Waals surface area contributed by atoms with Gasteiger partial charge in [-0.1, -0.05) is 11.6 Å². The molecule has 32 heavy (non-hydrogen) atoms. The molecule has 0 saturated carbocycles. The normalized spacial score (nSPS) is 15.3. The van der Waals surface area contributed by atoms with Gasteiger partial charge in [0.05, 0.1) is 24.6 Å². The van der Waals surface area contributed by atoms with Gasteiger partial charge in [-0.05, 0) is 56.3 Å². The van der Waals surface area contributed by atoms with Crippen molar-refractivity contribution < 1.29 is 22.7 Å². The third-order valence-electron chi connectivity index (χ3n) is 5.03. The standard InChI is InChI=1S/C22H28ClN3O5S/c1-3-30-18-6-8-19(9-7-18)31-21-10-5-17(23)15-20(21)24-22(27)16-25-11-13-26(14-12-25)32(28,29)4-2/h5-10,15H,3-4,11-14,16H2,1-2H3,(H,24,27). The van der Waals surface area contributed by atoms with E-state index < -0.39 is 10.0 Å². The number of carbonyl (C=O) groups excluding carboxylic acids is 1. The summed E-state index contributed by atoms with van der Waals surface area (Å²) in [6, 6.07) is 12.2. The van der Waals surface area contributed by atoms with E-state index >= 15 is 0 Å². The van der Waals surface area contributed by atoms with Crippen molar-refractivity contribution in [1.29, 1.82) is 0 Å². The number of hydrogen-bond acceptors (Lipinski definition) is 6. The molecule has 1 N–H and O–H groups in total. The number of anilines is 1. The van der Waals surface area contributed by atoms with Crippen LogP contribution in [0.25, 0.3) is 0 Å². The van der Waals surface area contributed by atoms with Gasteiger partial charge in [0.25, 0.3) is 0 Å². The zero-order valence-corrected chi connectivity index (χ0v) is 19.8. The van der Waals surface area contributed by atoms with Crippen molar-refractivity contribution >= 4 is 33.2 Å². The van der Waals surface area contributed by atoms with Crippen LogP contribution in [0.2, 0.25) is 5.02 Å². The average molecular weight is 482 g/mol. The molecule has 3 rings (SSSR count). The van der Waals surface area contributed by atoms with Gasteiger partial charge in [-0.15, -0.1) is 0 Å². The van der Waals surface area contributed by atoms with E-state index in [1.54, 1.807) is 37.3 Å². The van der Waals surface area contributed by atoms with Gasteiger partial charge in [0.1, 0.15) is 11.5 Å². The summed E-state index contributed by atoms with van der Waals surface area (Å²) < 4.78 is 36.8. The van der Waals surface area contributed by atoms with E-state index in [1.807, 2.05) is 24.0 Å². The lowest BCUT2D eigenvalue weighted by atomic mass is 10.2. The summed E-state index contributed by atoms with van der Waals surface area (Å²) in [4.78, 5) is 14.6. The Morgan fingerprint density at radius 2 is 1.69 bits per heavy atom. The number of carbonyl (C=O) groups is 1. The SMILES string of the molecule is CCOc1ccc(Oc2ccc(Cl)cc2NC(=O)CN2CCN(S(=O)(=O)CC)CC2)cc1. The van der Waals surface area contributed by atoms with Gasteiger partial charge in [0.2, 0.25) is 15.9 Å². The molecule has 8 nitrogen and oxygen atoms in total. The van der Waals surface area contributed by atoms with Gasteiger partial charge in [-0.25, -0.2) is 8.42 Å². The maximum atomic E-state index is 12.6. The number of nitrogens with zero attached hydrogens (tertiary/aromatic N) is 2. The maximum absolute atomic E-state index is 12.6. The molecule has 1 aliphatic heterocycles. The lowest BCUT2D eigenvalue weighted by molar-refractivity contribution is -0.117. The fourth-order valence-electron chi connectivity index (χ4n) is 3.33. The van der Waals surface area contributed by atoms with Gasteiger partial charge in [-0.3, -0.25) is 9.69 Å². The second-order valence-electron chi connectivity index (χ2n) is 7.27. The van der Waals surface area contributed by atoms with Crippen LogP contribution in [0.15, 0.2) is 42.5 Å². The van der Waals surface area contributed by atoms with Crippen LogP contribution in [0.4, 0.5) is 5.69 Å². The molecule has 1 aliphatic rings. The van der Waals surface area contributed by atoms with Crippen molar-refractivity contribution in [1.82, 2.24) is 9.21 Å². The first-order valence-electron chi connectivity index (χ1n) is 10.5. The second-order valence-corrected chi connectivity index (χ2v) is 9.96. The van der Waals surface area contributed by atoms with E-state index in [0.29, 0.717) is 55.0 Å². The minimum atomic E-state index is -3.20. The first-order chi connectivity index (χ1) is 15.3. The molecular formula is C22H28ClN3O5S. The van der Waals surface area contributed by atoms with Crippen LogP contribution in [-0.2, 0) is 14.8 Å². The first kappa shape index (κ1) is 24.3. The van der Waals surface area contributed by atoms with Crippen LogP contribution in [-0.4, -0.2) is 68.6 Å². The zero-order valence-electron chi connectivity index (χ0n) is 18.2. The molecule has 0 radical (unpaired) electrons. The van der Waals surface area contributed by atoms with Gasteiger partial charge in [-0.2, -0.15) is 4.31 Å². The number of benzene rings is 2. The zero-order chi connectivity index (χ0) is 23.1. The van der Waals surface area contributed by atoms with E-state index in [0.717, 1.165) is 5.75 Å². The lowest BCUT2D eigenvalue weighted by Crippen LogP contribution is -2.50. The molecule has 0 bridgehead atoms. The summed E-state index contributed by atoms with van der Waals surface area (Å²) in [6.07, 6.45) is 0. The molecular weight excluding hydrogens is 454 g/mol. The van der Waals surface area contributed by atoms with Crippen LogP contribution in [0.3, 0.4) is 0 Å². The minimum absolute atomic E-state index is 0.0827. The van der Waals surface area contributed by atoms with Crippen LogP contribution in [0.5, 0.6) is 17.2 Å². The first-order valence-corrected chi connectivity index (χ1v) is 12.5. The fourth-order valence-corrected chi connectivity index (χ4v) is 4.58. The molecule has 0 spiro atoms. The number of amides is 1. The van der Waals surface area contributed by atoms with Crippen LogP contribution in [0, 0.1) is 0 Å². The molecule has 2 aromatic rings. The highest BCUT2D eigenvalue weighted by Crippen LogP contribution is 2.32. The quantitative estimate of drug-likeness (QED) is 0.590. The van der Waals surface area contributed by atoms with E-state index in [-0.39, 0.29) is 18.2 Å². The topological polar surface area (TPSA) is 88.2 Å². The van der Waals surface area contributed by atoms with Gasteiger partial charge >= 0.3 is 0 Å². The Balaban J connectivity index is 1.61. The molecule has 0 aliphatic carbocycles. The highest BCUT2D eigenvalue weighted by molar-refractivity contribution is 7.89. The predicted octanol–water partition coefficient (Wildman–Crippen LogP) is 3.44. The van der Waals surface area contributed by atoms with Crippen LogP contribution in [0.1, 0.15) is 13.8 Å². The number of piperazine rings is 1. The van der Waals surface area contributed by atoms with Gasteiger partial charge < -0.3 is 14.8 Å². The summed E-state index contributed by atoms with van der Waals surface area (Å²) in [5.41, 5.74) is 0.462. The van der Waals surface area contributed by atoms with Crippen molar-refractivity contribution in [3.8, 4) is 17.2 Å². The van der Waals surface area contributed by atoms with E-state index in [1.165, 1.54) is 4.31 Å². The largest absolute Gasteiger partial charge is 0.494 e. The summed E-state index contributed by atoms with van der Waals surface area (Å²) in [5, 5.41) is 3.33. The molecule has 174 valence electrons. The molecule has 1 fully saturated rings. The molecule has 1 amide bonds.